The van der Waals surface area contributed by atoms with E-state index < -0.39 is 28.5 Å². The number of carbonyl (C=O) groups is 2. The van der Waals surface area contributed by atoms with Crippen LogP contribution in [0.4, 0.5) is 0 Å². The van der Waals surface area contributed by atoms with Crippen molar-refractivity contribution in [1.29, 1.82) is 0 Å². The standard InChI is InChI=1S/C15H16N2O6S/c1-16-14(18)10-23-15(19)11-4-6-13(7-5-11)24(20,21)17-9-12-3-2-8-22-12/h2-8,17H,9-10H2,1H3,(H,16,18). The van der Waals surface area contributed by atoms with E-state index in [1.165, 1.54) is 37.6 Å². The molecule has 1 heterocycles. The zero-order valence-corrected chi connectivity index (χ0v) is 13.6. The maximum atomic E-state index is 12.1. The molecule has 0 saturated carbocycles. The lowest BCUT2D eigenvalue weighted by Crippen LogP contribution is -2.25. The zero-order chi connectivity index (χ0) is 17.6. The number of amides is 1. The Bertz CT molecular complexity index is 797. The predicted molar refractivity (Wildman–Crippen MR) is 83.5 cm³/mol. The molecule has 1 aromatic carbocycles. The fourth-order valence-electron chi connectivity index (χ4n) is 1.72. The van der Waals surface area contributed by atoms with E-state index in [1.54, 1.807) is 12.1 Å². The minimum absolute atomic E-state index is 0.00286. The lowest BCUT2D eigenvalue weighted by Gasteiger charge is -2.07. The van der Waals surface area contributed by atoms with E-state index in [0.717, 1.165) is 0 Å². The molecule has 0 aliphatic rings. The van der Waals surface area contributed by atoms with Crippen molar-refractivity contribution in [2.75, 3.05) is 13.7 Å². The largest absolute Gasteiger partial charge is 0.468 e. The number of benzene rings is 1. The van der Waals surface area contributed by atoms with Crippen molar-refractivity contribution in [2.45, 2.75) is 11.4 Å². The molecular formula is C15H16N2O6S. The molecule has 0 aliphatic heterocycles. The van der Waals surface area contributed by atoms with Crippen LogP contribution in [0, 0.1) is 0 Å². The van der Waals surface area contributed by atoms with E-state index in [4.69, 9.17) is 9.15 Å². The summed E-state index contributed by atoms with van der Waals surface area (Å²) in [4.78, 5) is 22.7. The Labute approximate surface area is 138 Å². The summed E-state index contributed by atoms with van der Waals surface area (Å²) in [6.07, 6.45) is 1.45. The van der Waals surface area contributed by atoms with Gasteiger partial charge in [-0.1, -0.05) is 0 Å². The molecule has 24 heavy (non-hydrogen) atoms. The molecule has 0 aliphatic carbocycles. The van der Waals surface area contributed by atoms with Gasteiger partial charge in [-0.3, -0.25) is 4.79 Å². The molecule has 0 atom stereocenters. The lowest BCUT2D eigenvalue weighted by atomic mass is 10.2. The van der Waals surface area contributed by atoms with Crippen molar-refractivity contribution >= 4 is 21.9 Å². The third-order valence-corrected chi connectivity index (χ3v) is 4.45. The second-order valence-electron chi connectivity index (χ2n) is 4.68. The minimum atomic E-state index is -3.73. The molecule has 8 nitrogen and oxygen atoms in total. The molecule has 2 N–H and O–H groups in total. The van der Waals surface area contributed by atoms with Gasteiger partial charge in [-0.05, 0) is 36.4 Å². The fraction of sp³-hybridized carbons (Fsp3) is 0.200. The Kier molecular flexibility index (Phi) is 5.72. The molecule has 0 saturated heterocycles. The summed E-state index contributed by atoms with van der Waals surface area (Å²) in [6, 6.07) is 8.49. The van der Waals surface area contributed by atoms with E-state index in [2.05, 4.69) is 10.0 Å². The van der Waals surface area contributed by atoms with Crippen LogP contribution in [0.1, 0.15) is 16.1 Å². The summed E-state index contributed by atoms with van der Waals surface area (Å²) in [7, 11) is -2.31. The summed E-state index contributed by atoms with van der Waals surface area (Å²) < 4.78 is 36.5. The highest BCUT2D eigenvalue weighted by Gasteiger charge is 2.16. The van der Waals surface area contributed by atoms with Crippen LogP contribution in [0.25, 0.3) is 0 Å². The Hall–Kier alpha value is -2.65. The van der Waals surface area contributed by atoms with Crippen LogP contribution in [-0.4, -0.2) is 33.9 Å². The van der Waals surface area contributed by atoms with Gasteiger partial charge in [-0.2, -0.15) is 0 Å². The predicted octanol–water partition coefficient (Wildman–Crippen LogP) is 0.661. The highest BCUT2D eigenvalue weighted by atomic mass is 32.2. The van der Waals surface area contributed by atoms with Gasteiger partial charge in [0.2, 0.25) is 10.0 Å². The first kappa shape index (κ1) is 17.7. The highest BCUT2D eigenvalue weighted by molar-refractivity contribution is 7.89. The van der Waals surface area contributed by atoms with E-state index in [1.807, 2.05) is 0 Å². The van der Waals surface area contributed by atoms with Crippen molar-refractivity contribution in [3.8, 4) is 0 Å². The first-order chi connectivity index (χ1) is 11.4. The molecule has 1 amide bonds. The summed E-state index contributed by atoms with van der Waals surface area (Å²) in [5, 5.41) is 2.31. The number of esters is 1. The molecule has 9 heteroatoms. The third kappa shape index (κ3) is 4.67. The van der Waals surface area contributed by atoms with Crippen molar-refractivity contribution in [3.63, 3.8) is 0 Å². The monoisotopic (exact) mass is 352 g/mol. The molecule has 0 fully saturated rings. The average molecular weight is 352 g/mol. The molecule has 0 unspecified atom stereocenters. The van der Waals surface area contributed by atoms with Gasteiger partial charge < -0.3 is 14.5 Å². The Morgan fingerprint density at radius 2 is 1.88 bits per heavy atom. The van der Waals surface area contributed by atoms with Crippen LogP contribution in [0.2, 0.25) is 0 Å². The van der Waals surface area contributed by atoms with Crippen molar-refractivity contribution < 1.29 is 27.2 Å². The number of carbonyl (C=O) groups excluding carboxylic acids is 2. The summed E-state index contributed by atoms with van der Waals surface area (Å²) in [6.45, 7) is -0.384. The first-order valence-corrected chi connectivity index (χ1v) is 8.40. The summed E-state index contributed by atoms with van der Waals surface area (Å²) in [5.41, 5.74) is 0.142. The van der Waals surface area contributed by atoms with Gasteiger partial charge in [0.25, 0.3) is 5.91 Å². The molecule has 0 radical (unpaired) electrons. The first-order valence-electron chi connectivity index (χ1n) is 6.92. The number of hydrogen-bond acceptors (Lipinski definition) is 6. The number of likely N-dealkylation sites (N-methyl/N-ethyl adjacent to an activating group) is 1. The maximum Gasteiger partial charge on any atom is 0.338 e. The number of furan rings is 1. The quantitative estimate of drug-likeness (QED) is 0.708. The van der Waals surface area contributed by atoms with Gasteiger partial charge in [0.15, 0.2) is 6.61 Å². The van der Waals surface area contributed by atoms with Gasteiger partial charge in [-0.15, -0.1) is 0 Å². The fourth-order valence-corrected chi connectivity index (χ4v) is 2.71. The molecule has 0 bridgehead atoms. The van der Waals surface area contributed by atoms with Crippen LogP contribution in [-0.2, 0) is 26.1 Å². The van der Waals surface area contributed by atoms with Crippen LogP contribution >= 0.6 is 0 Å². The zero-order valence-electron chi connectivity index (χ0n) is 12.8. The van der Waals surface area contributed by atoms with Crippen molar-refractivity contribution in [3.05, 3.63) is 54.0 Å². The summed E-state index contributed by atoms with van der Waals surface area (Å²) in [5.74, 6) is -0.677. The smallest absolute Gasteiger partial charge is 0.338 e. The Morgan fingerprint density at radius 3 is 2.46 bits per heavy atom. The van der Waals surface area contributed by atoms with E-state index in [-0.39, 0.29) is 17.0 Å². The van der Waals surface area contributed by atoms with Gasteiger partial charge >= 0.3 is 5.97 Å². The number of hydrogen-bond donors (Lipinski definition) is 2. The number of rotatable bonds is 7. The molecule has 2 aromatic rings. The Morgan fingerprint density at radius 1 is 1.17 bits per heavy atom. The molecular weight excluding hydrogens is 336 g/mol. The lowest BCUT2D eigenvalue weighted by molar-refractivity contribution is -0.123. The third-order valence-electron chi connectivity index (χ3n) is 3.03. The van der Waals surface area contributed by atoms with Gasteiger partial charge in [-0.25, -0.2) is 17.9 Å². The van der Waals surface area contributed by atoms with Crippen LogP contribution in [0.5, 0.6) is 0 Å². The van der Waals surface area contributed by atoms with Crippen LogP contribution < -0.4 is 10.0 Å². The molecule has 1 aromatic heterocycles. The van der Waals surface area contributed by atoms with E-state index in [9.17, 15) is 18.0 Å². The van der Waals surface area contributed by atoms with Crippen molar-refractivity contribution in [1.82, 2.24) is 10.0 Å². The summed E-state index contributed by atoms with van der Waals surface area (Å²) >= 11 is 0. The average Bonchev–Trinajstić information content (AvgIpc) is 3.11. The van der Waals surface area contributed by atoms with Gasteiger partial charge in [0, 0.05) is 7.05 Å². The van der Waals surface area contributed by atoms with Gasteiger partial charge in [0.1, 0.15) is 5.76 Å². The number of ether oxygens (including phenoxy) is 1. The number of sulfonamides is 1. The SMILES string of the molecule is CNC(=O)COC(=O)c1ccc(S(=O)(=O)NCc2ccco2)cc1. The molecule has 2 rings (SSSR count). The van der Waals surface area contributed by atoms with E-state index >= 15 is 0 Å². The second-order valence-corrected chi connectivity index (χ2v) is 6.44. The minimum Gasteiger partial charge on any atom is -0.468 e. The molecule has 128 valence electrons. The normalized spacial score (nSPS) is 11.0. The van der Waals surface area contributed by atoms with Gasteiger partial charge in [0.05, 0.1) is 23.3 Å². The highest BCUT2D eigenvalue weighted by Crippen LogP contribution is 2.12. The van der Waals surface area contributed by atoms with Crippen LogP contribution in [0.3, 0.4) is 0 Å². The Balaban J connectivity index is 1.99. The van der Waals surface area contributed by atoms with Crippen LogP contribution in [0.15, 0.2) is 52.0 Å². The van der Waals surface area contributed by atoms with E-state index in [0.29, 0.717) is 5.76 Å². The number of nitrogens with one attached hydrogen (secondary N) is 2. The topological polar surface area (TPSA) is 115 Å². The second kappa shape index (κ2) is 7.75. The molecule has 0 spiro atoms. The van der Waals surface area contributed by atoms with Crippen molar-refractivity contribution in [2.24, 2.45) is 0 Å². The maximum absolute atomic E-state index is 12.1.